The fourth-order valence-electron chi connectivity index (χ4n) is 3.39. The number of ether oxygens (including phenoxy) is 1. The smallest absolute Gasteiger partial charge is 0.251 e. The molecule has 0 bridgehead atoms. The van der Waals surface area contributed by atoms with Crippen LogP contribution in [0.5, 0.6) is 5.75 Å². The number of amides is 2. The monoisotopic (exact) mass is 481 g/mol. The van der Waals surface area contributed by atoms with Gasteiger partial charge in [0.05, 0.1) is 18.9 Å². The lowest BCUT2D eigenvalue weighted by molar-refractivity contribution is -0.113. The van der Waals surface area contributed by atoms with E-state index in [1.807, 2.05) is 56.5 Å². The average Bonchev–Trinajstić information content (AvgIpc) is 3.24. The zero-order valence-electron chi connectivity index (χ0n) is 20.2. The number of thioether (sulfide) groups is 1. The SMILES string of the molecule is CCn1c(SCC(=O)Nc2ccc(OC)cc2)nnc1[C@H](NC(=O)c1ccc(C)cc1)C(C)C. The second kappa shape index (κ2) is 11.7. The molecule has 0 unspecified atom stereocenters. The number of aromatic nitrogens is 3. The molecule has 0 radical (unpaired) electrons. The van der Waals surface area contributed by atoms with E-state index in [0.29, 0.717) is 28.8 Å². The molecule has 1 aromatic heterocycles. The third-order valence-electron chi connectivity index (χ3n) is 5.31. The molecule has 180 valence electrons. The van der Waals surface area contributed by atoms with Crippen molar-refractivity contribution in [1.29, 1.82) is 0 Å². The second-order valence-corrected chi connectivity index (χ2v) is 9.15. The van der Waals surface area contributed by atoms with E-state index in [1.54, 1.807) is 31.4 Å². The summed E-state index contributed by atoms with van der Waals surface area (Å²) >= 11 is 1.31. The first-order valence-electron chi connectivity index (χ1n) is 11.2. The fourth-order valence-corrected chi connectivity index (χ4v) is 4.20. The largest absolute Gasteiger partial charge is 0.497 e. The van der Waals surface area contributed by atoms with Gasteiger partial charge in [-0.2, -0.15) is 0 Å². The number of rotatable bonds is 10. The van der Waals surface area contributed by atoms with Gasteiger partial charge in [0.1, 0.15) is 5.75 Å². The van der Waals surface area contributed by atoms with Crippen LogP contribution in [0.1, 0.15) is 48.6 Å². The van der Waals surface area contributed by atoms with Gasteiger partial charge in [-0.3, -0.25) is 9.59 Å². The molecule has 9 heteroatoms. The van der Waals surface area contributed by atoms with Crippen LogP contribution in [0.4, 0.5) is 5.69 Å². The van der Waals surface area contributed by atoms with E-state index >= 15 is 0 Å². The average molecular weight is 482 g/mol. The predicted molar refractivity (Wildman–Crippen MR) is 134 cm³/mol. The lowest BCUT2D eigenvalue weighted by Gasteiger charge is -2.22. The Labute approximate surface area is 204 Å². The summed E-state index contributed by atoms with van der Waals surface area (Å²) in [6.45, 7) is 8.66. The number of nitrogens with zero attached hydrogens (tertiary/aromatic N) is 3. The zero-order valence-corrected chi connectivity index (χ0v) is 21.0. The molecule has 8 nitrogen and oxygen atoms in total. The van der Waals surface area contributed by atoms with Crippen LogP contribution in [-0.2, 0) is 11.3 Å². The standard InChI is InChI=1S/C25H31N5O3S/c1-6-30-23(22(16(2)3)27-24(32)18-9-7-17(4)8-10-18)28-29-25(30)34-15-21(31)26-19-11-13-20(33-5)14-12-19/h7-14,16,22H,6,15H2,1-5H3,(H,26,31)(H,27,32)/t22-/m1/s1. The van der Waals surface area contributed by atoms with Gasteiger partial charge in [-0.05, 0) is 56.2 Å². The molecule has 2 N–H and O–H groups in total. The van der Waals surface area contributed by atoms with E-state index in [-0.39, 0.29) is 29.5 Å². The van der Waals surface area contributed by atoms with Crippen molar-refractivity contribution in [3.05, 3.63) is 65.5 Å². The Bertz CT molecular complexity index is 1110. The number of anilines is 1. The molecule has 34 heavy (non-hydrogen) atoms. The summed E-state index contributed by atoms with van der Waals surface area (Å²) in [5.74, 6) is 1.39. The first kappa shape index (κ1) is 25.3. The second-order valence-electron chi connectivity index (χ2n) is 8.21. The molecular weight excluding hydrogens is 450 g/mol. The molecule has 0 saturated heterocycles. The molecule has 1 atom stereocenters. The van der Waals surface area contributed by atoms with Crippen molar-refractivity contribution in [3.8, 4) is 5.75 Å². The highest BCUT2D eigenvalue weighted by Gasteiger charge is 2.26. The van der Waals surface area contributed by atoms with Gasteiger partial charge in [0.15, 0.2) is 11.0 Å². The van der Waals surface area contributed by atoms with Gasteiger partial charge in [0.2, 0.25) is 5.91 Å². The maximum Gasteiger partial charge on any atom is 0.251 e. The number of carbonyl (C=O) groups is 2. The summed E-state index contributed by atoms with van der Waals surface area (Å²) in [7, 11) is 1.60. The summed E-state index contributed by atoms with van der Waals surface area (Å²) < 4.78 is 7.09. The van der Waals surface area contributed by atoms with E-state index in [2.05, 4.69) is 20.8 Å². The van der Waals surface area contributed by atoms with Crippen molar-refractivity contribution >= 4 is 29.3 Å². The van der Waals surface area contributed by atoms with E-state index in [0.717, 1.165) is 11.3 Å². The van der Waals surface area contributed by atoms with Crippen LogP contribution in [0.15, 0.2) is 53.7 Å². The number of hydrogen-bond donors (Lipinski definition) is 2. The molecule has 1 heterocycles. The number of methoxy groups -OCH3 is 1. The van der Waals surface area contributed by atoms with Crippen molar-refractivity contribution in [3.63, 3.8) is 0 Å². The van der Waals surface area contributed by atoms with Gasteiger partial charge in [-0.25, -0.2) is 0 Å². The topological polar surface area (TPSA) is 98.1 Å². The molecule has 3 aromatic rings. The Morgan fingerprint density at radius 2 is 1.74 bits per heavy atom. The molecule has 0 fully saturated rings. The normalized spacial score (nSPS) is 11.8. The van der Waals surface area contributed by atoms with Gasteiger partial charge in [-0.15, -0.1) is 10.2 Å². The van der Waals surface area contributed by atoms with Crippen LogP contribution in [-0.4, -0.2) is 39.4 Å². The molecule has 0 aliphatic heterocycles. The van der Waals surface area contributed by atoms with Crippen LogP contribution in [0.25, 0.3) is 0 Å². The highest BCUT2D eigenvalue weighted by Crippen LogP contribution is 2.26. The Hall–Kier alpha value is -3.33. The maximum atomic E-state index is 12.8. The summed E-state index contributed by atoms with van der Waals surface area (Å²) in [5.41, 5.74) is 2.40. The Morgan fingerprint density at radius 1 is 1.06 bits per heavy atom. The molecule has 0 spiro atoms. The molecule has 2 amide bonds. The minimum Gasteiger partial charge on any atom is -0.497 e. The van der Waals surface area contributed by atoms with Crippen LogP contribution in [0.3, 0.4) is 0 Å². The number of hydrogen-bond acceptors (Lipinski definition) is 6. The molecule has 2 aromatic carbocycles. The minimum absolute atomic E-state index is 0.0973. The van der Waals surface area contributed by atoms with Crippen molar-refractivity contribution in [1.82, 2.24) is 20.1 Å². The third-order valence-corrected chi connectivity index (χ3v) is 6.28. The van der Waals surface area contributed by atoms with Crippen molar-refractivity contribution < 1.29 is 14.3 Å². The van der Waals surface area contributed by atoms with E-state index in [4.69, 9.17) is 4.74 Å². The van der Waals surface area contributed by atoms with E-state index in [1.165, 1.54) is 11.8 Å². The molecule has 0 aliphatic rings. The lowest BCUT2D eigenvalue weighted by atomic mass is 10.0. The highest BCUT2D eigenvalue weighted by atomic mass is 32.2. The fraction of sp³-hybridized carbons (Fsp3) is 0.360. The zero-order chi connectivity index (χ0) is 24.7. The quantitative estimate of drug-likeness (QED) is 0.415. The summed E-state index contributed by atoms with van der Waals surface area (Å²) in [6, 6.07) is 14.3. The van der Waals surface area contributed by atoms with Gasteiger partial charge in [0.25, 0.3) is 5.91 Å². The number of benzene rings is 2. The Balaban J connectivity index is 1.68. The Morgan fingerprint density at radius 3 is 2.32 bits per heavy atom. The van der Waals surface area contributed by atoms with Crippen molar-refractivity contribution in [2.45, 2.75) is 45.4 Å². The first-order chi connectivity index (χ1) is 16.3. The molecular formula is C25H31N5O3S. The maximum absolute atomic E-state index is 12.8. The molecule has 3 rings (SSSR count). The van der Waals surface area contributed by atoms with E-state index < -0.39 is 0 Å². The lowest BCUT2D eigenvalue weighted by Crippen LogP contribution is -2.33. The number of aryl methyl sites for hydroxylation is 1. The van der Waals surface area contributed by atoms with Gasteiger partial charge >= 0.3 is 0 Å². The highest BCUT2D eigenvalue weighted by molar-refractivity contribution is 7.99. The van der Waals surface area contributed by atoms with Crippen LogP contribution < -0.4 is 15.4 Å². The van der Waals surface area contributed by atoms with Gasteiger partial charge in [-0.1, -0.05) is 43.3 Å². The summed E-state index contributed by atoms with van der Waals surface area (Å²) in [5, 5.41) is 15.3. The van der Waals surface area contributed by atoms with Crippen molar-refractivity contribution in [2.75, 3.05) is 18.2 Å². The minimum atomic E-state index is -0.316. The predicted octanol–water partition coefficient (Wildman–Crippen LogP) is 4.47. The summed E-state index contributed by atoms with van der Waals surface area (Å²) in [4.78, 5) is 25.3. The van der Waals surface area contributed by atoms with Gasteiger partial charge in [0, 0.05) is 17.8 Å². The number of carbonyl (C=O) groups excluding carboxylic acids is 2. The van der Waals surface area contributed by atoms with Crippen LogP contribution in [0, 0.1) is 12.8 Å². The first-order valence-corrected chi connectivity index (χ1v) is 12.2. The molecule has 0 aliphatic carbocycles. The molecule has 0 saturated carbocycles. The van der Waals surface area contributed by atoms with Crippen molar-refractivity contribution in [2.24, 2.45) is 5.92 Å². The van der Waals surface area contributed by atoms with E-state index in [9.17, 15) is 9.59 Å². The summed E-state index contributed by atoms with van der Waals surface area (Å²) in [6.07, 6.45) is 0. The van der Waals surface area contributed by atoms with Crippen LogP contribution >= 0.6 is 11.8 Å². The number of nitrogens with one attached hydrogen (secondary N) is 2. The Kier molecular flexibility index (Phi) is 8.70. The third kappa shape index (κ3) is 6.38. The van der Waals surface area contributed by atoms with Gasteiger partial charge < -0.3 is 19.9 Å². The van der Waals surface area contributed by atoms with Crippen LogP contribution in [0.2, 0.25) is 0 Å².